The molecule has 0 fully saturated rings. The maximum Gasteiger partial charge on any atom is -0.0126 e. The predicted octanol–water partition coefficient (Wildman–Crippen LogP) is 11.8. The Morgan fingerprint density at radius 3 is 1.13 bits per heavy atom. The molecule has 0 aliphatic heterocycles. The molecule has 0 aliphatic carbocycles. The van der Waals surface area contributed by atoms with Gasteiger partial charge in [0.05, 0.1) is 0 Å². The molecule has 0 spiro atoms. The Kier molecular flexibility index (Phi) is 8.94. The van der Waals surface area contributed by atoms with Gasteiger partial charge in [-0.1, -0.05) is 156 Å². The minimum Gasteiger partial charge on any atom is -0.0581 e. The van der Waals surface area contributed by atoms with Gasteiger partial charge in [0, 0.05) is 0 Å². The third-order valence-electron chi connectivity index (χ3n) is 8.35. The minimum absolute atomic E-state index is 0.0588. The minimum atomic E-state index is 0.0588. The summed E-state index contributed by atoms with van der Waals surface area (Å²) in [4.78, 5) is 0. The molecule has 0 nitrogen and oxygen atoms in total. The Labute approximate surface area is 244 Å². The van der Waals surface area contributed by atoms with Gasteiger partial charge in [-0.05, 0) is 89.3 Å². The average Bonchev–Trinajstić information content (AvgIpc) is 2.68. The summed E-state index contributed by atoms with van der Waals surface area (Å²) in [5.74, 6) is 0.401. The zero-order valence-corrected chi connectivity index (χ0v) is 29.6. The molecule has 39 heavy (non-hydrogen) atoms. The van der Waals surface area contributed by atoms with Gasteiger partial charge in [0.1, 0.15) is 0 Å². The van der Waals surface area contributed by atoms with Crippen molar-refractivity contribution in [2.75, 3.05) is 0 Å². The van der Waals surface area contributed by atoms with E-state index in [0.29, 0.717) is 5.92 Å². The van der Waals surface area contributed by atoms with Gasteiger partial charge < -0.3 is 0 Å². The fourth-order valence-corrected chi connectivity index (χ4v) is 6.29. The van der Waals surface area contributed by atoms with Gasteiger partial charge >= 0.3 is 0 Å². The molecule has 0 aromatic heterocycles. The first kappa shape index (κ1) is 33.6. The van der Waals surface area contributed by atoms with Crippen LogP contribution < -0.4 is 0 Å². The molecular formula is C39H64. The van der Waals surface area contributed by atoms with Crippen molar-refractivity contribution in [3.63, 3.8) is 0 Å². The second-order valence-corrected chi connectivity index (χ2v) is 18.6. The number of hydrogen-bond donors (Lipinski definition) is 0. The van der Waals surface area contributed by atoms with Crippen molar-refractivity contribution < 1.29 is 0 Å². The van der Waals surface area contributed by atoms with E-state index in [4.69, 9.17) is 0 Å². The molecule has 0 amide bonds. The fraction of sp³-hybridized carbons (Fsp3) is 0.692. The highest BCUT2D eigenvalue weighted by molar-refractivity contribution is 5.54. The van der Waals surface area contributed by atoms with Crippen molar-refractivity contribution >= 4 is 0 Å². The Morgan fingerprint density at radius 1 is 0.462 bits per heavy atom. The highest BCUT2D eigenvalue weighted by Crippen LogP contribution is 2.46. The van der Waals surface area contributed by atoms with Gasteiger partial charge in [-0.25, -0.2) is 0 Å². The first-order valence-electron chi connectivity index (χ1n) is 15.4. The largest absolute Gasteiger partial charge is 0.0581 e. The highest BCUT2D eigenvalue weighted by Gasteiger charge is 2.35. The van der Waals surface area contributed by atoms with Crippen molar-refractivity contribution in [2.45, 2.75) is 176 Å². The van der Waals surface area contributed by atoms with Crippen molar-refractivity contribution in [3.05, 3.63) is 68.8 Å². The molecule has 2 aromatic rings. The third kappa shape index (κ3) is 7.59. The lowest BCUT2D eigenvalue weighted by atomic mass is 9.65. The van der Waals surface area contributed by atoms with E-state index < -0.39 is 0 Å². The monoisotopic (exact) mass is 533 g/mol. The SMILES string of the molecule is CC(Cc1c(C(C)(C)C)cc(C(C)(C)C)cc1C(C)(C)C)c1c(C(C)(C)C)ccc(C(C)(C)C)c1C(C)(C)C. The van der Waals surface area contributed by atoms with E-state index in [1.54, 1.807) is 16.7 Å². The van der Waals surface area contributed by atoms with Crippen LogP contribution in [0.4, 0.5) is 0 Å². The van der Waals surface area contributed by atoms with E-state index in [-0.39, 0.29) is 32.5 Å². The summed E-state index contributed by atoms with van der Waals surface area (Å²) in [6.07, 6.45) is 1.06. The maximum atomic E-state index is 2.54. The smallest absolute Gasteiger partial charge is 0.0126 e. The lowest BCUT2D eigenvalue weighted by Gasteiger charge is -2.39. The Hall–Kier alpha value is -1.56. The van der Waals surface area contributed by atoms with Crippen LogP contribution in [0.25, 0.3) is 0 Å². The molecule has 2 aromatic carbocycles. The summed E-state index contributed by atoms with van der Waals surface area (Å²) in [6, 6.07) is 9.98. The zero-order valence-electron chi connectivity index (χ0n) is 29.6. The molecule has 0 N–H and O–H groups in total. The first-order chi connectivity index (χ1) is 17.1. The van der Waals surface area contributed by atoms with Crippen LogP contribution in [0.3, 0.4) is 0 Å². The molecule has 0 aliphatic rings. The van der Waals surface area contributed by atoms with Crippen LogP contribution in [0.1, 0.15) is 182 Å². The van der Waals surface area contributed by atoms with Crippen LogP contribution in [-0.2, 0) is 38.9 Å². The topological polar surface area (TPSA) is 0 Å². The van der Waals surface area contributed by atoms with Gasteiger partial charge in [0.2, 0.25) is 0 Å². The molecule has 2 rings (SSSR count). The highest BCUT2D eigenvalue weighted by atomic mass is 14.4. The lowest BCUT2D eigenvalue weighted by molar-refractivity contribution is 0.500. The summed E-state index contributed by atoms with van der Waals surface area (Å²) >= 11 is 0. The summed E-state index contributed by atoms with van der Waals surface area (Å²) in [7, 11) is 0. The maximum absolute atomic E-state index is 2.54. The molecule has 0 radical (unpaired) electrons. The summed E-state index contributed by atoms with van der Waals surface area (Å²) in [6.45, 7) is 45.5. The van der Waals surface area contributed by atoms with Gasteiger partial charge in [-0.2, -0.15) is 0 Å². The van der Waals surface area contributed by atoms with Crippen molar-refractivity contribution in [2.24, 2.45) is 0 Å². The second-order valence-electron chi connectivity index (χ2n) is 18.6. The normalized spacial score (nSPS) is 15.1. The van der Waals surface area contributed by atoms with E-state index in [1.165, 1.54) is 27.8 Å². The van der Waals surface area contributed by atoms with E-state index in [1.807, 2.05) is 0 Å². The molecular weight excluding hydrogens is 468 g/mol. The van der Waals surface area contributed by atoms with Crippen molar-refractivity contribution in [3.8, 4) is 0 Å². The Balaban J connectivity index is 3.04. The van der Waals surface area contributed by atoms with Crippen LogP contribution in [0.5, 0.6) is 0 Å². The van der Waals surface area contributed by atoms with Crippen LogP contribution in [0.2, 0.25) is 0 Å². The van der Waals surface area contributed by atoms with Gasteiger partial charge in [0.25, 0.3) is 0 Å². The van der Waals surface area contributed by atoms with Crippen LogP contribution in [-0.4, -0.2) is 0 Å². The van der Waals surface area contributed by atoms with Crippen LogP contribution >= 0.6 is 0 Å². The van der Waals surface area contributed by atoms with Crippen LogP contribution in [0, 0.1) is 0 Å². The molecule has 0 bridgehead atoms. The standard InChI is InChI=1S/C39H64/c1-25(32-28(35(5,6)7)20-21-29(36(8,9)10)33(32)39(17,18)19)22-27-30(37(11,12)13)23-26(34(2,3)4)24-31(27)38(14,15)16/h20-21,23-25H,22H2,1-19H3. The fourth-order valence-electron chi connectivity index (χ4n) is 6.29. The predicted molar refractivity (Wildman–Crippen MR) is 177 cm³/mol. The molecule has 0 saturated heterocycles. The van der Waals surface area contributed by atoms with E-state index >= 15 is 0 Å². The van der Waals surface area contributed by atoms with Crippen molar-refractivity contribution in [1.29, 1.82) is 0 Å². The molecule has 1 atom stereocenters. The van der Waals surface area contributed by atoms with Gasteiger partial charge in [-0.15, -0.1) is 0 Å². The first-order valence-corrected chi connectivity index (χ1v) is 15.4. The van der Waals surface area contributed by atoms with E-state index in [0.717, 1.165) is 6.42 Å². The average molecular weight is 533 g/mol. The van der Waals surface area contributed by atoms with Crippen molar-refractivity contribution in [1.82, 2.24) is 0 Å². The molecule has 220 valence electrons. The summed E-state index contributed by atoms with van der Waals surface area (Å²) < 4.78 is 0. The quantitative estimate of drug-likeness (QED) is 0.369. The summed E-state index contributed by atoms with van der Waals surface area (Å²) in [5, 5.41) is 0. The van der Waals surface area contributed by atoms with Crippen LogP contribution in [0.15, 0.2) is 24.3 Å². The molecule has 0 heterocycles. The number of benzene rings is 2. The molecule has 0 saturated carbocycles. The number of rotatable bonds is 3. The third-order valence-corrected chi connectivity index (χ3v) is 8.35. The Bertz CT molecular complexity index is 1120. The molecule has 1 unspecified atom stereocenters. The Morgan fingerprint density at radius 2 is 0.821 bits per heavy atom. The van der Waals surface area contributed by atoms with Gasteiger partial charge in [-0.3, -0.25) is 0 Å². The van der Waals surface area contributed by atoms with E-state index in [2.05, 4.69) is 156 Å². The van der Waals surface area contributed by atoms with E-state index in [9.17, 15) is 0 Å². The van der Waals surface area contributed by atoms with Gasteiger partial charge in [0.15, 0.2) is 0 Å². The number of hydrogen-bond acceptors (Lipinski definition) is 0. The zero-order chi connectivity index (χ0) is 30.7. The second kappa shape index (κ2) is 10.4. The lowest BCUT2D eigenvalue weighted by Crippen LogP contribution is -2.29. The summed E-state index contributed by atoms with van der Waals surface area (Å²) in [5.41, 5.74) is 12.7. The molecule has 0 heteroatoms.